The zero-order valence-electron chi connectivity index (χ0n) is 9.15. The standard InChI is InChI=1S/C10H17NO4/c1-5(12)11-10-6(13)4-9(2,3)7(10)15-8(10)14/h6-8,13-14H,4H2,1-3H3,(H,11,12)/t6-,7?,8?,10?/m1/s1. The molecule has 0 aromatic carbocycles. The van der Waals surface area contributed by atoms with Crippen LogP contribution in [0.3, 0.4) is 0 Å². The molecule has 3 unspecified atom stereocenters. The van der Waals surface area contributed by atoms with E-state index in [-0.39, 0.29) is 17.4 Å². The lowest BCUT2D eigenvalue weighted by Crippen LogP contribution is -2.77. The van der Waals surface area contributed by atoms with Gasteiger partial charge >= 0.3 is 0 Å². The molecule has 5 nitrogen and oxygen atoms in total. The quantitative estimate of drug-likeness (QED) is 0.544. The number of fused-ring (bicyclic) bond motifs is 1. The normalized spacial score (nSPS) is 46.9. The van der Waals surface area contributed by atoms with E-state index in [9.17, 15) is 15.0 Å². The van der Waals surface area contributed by atoms with Crippen LogP contribution in [0.1, 0.15) is 27.2 Å². The summed E-state index contributed by atoms with van der Waals surface area (Å²) in [7, 11) is 0. The number of rotatable bonds is 1. The molecule has 1 saturated carbocycles. The van der Waals surface area contributed by atoms with Gasteiger partial charge in [-0.2, -0.15) is 0 Å². The number of ether oxygens (including phenoxy) is 1. The highest BCUT2D eigenvalue weighted by atomic mass is 16.6. The Kier molecular flexibility index (Phi) is 2.12. The molecule has 0 aromatic rings. The molecule has 0 radical (unpaired) electrons. The summed E-state index contributed by atoms with van der Waals surface area (Å²) < 4.78 is 5.23. The van der Waals surface area contributed by atoms with Gasteiger partial charge in [0.2, 0.25) is 5.91 Å². The van der Waals surface area contributed by atoms with Crippen LogP contribution in [0.2, 0.25) is 0 Å². The Balaban J connectivity index is 2.31. The fourth-order valence-corrected chi connectivity index (χ4v) is 2.87. The summed E-state index contributed by atoms with van der Waals surface area (Å²) in [4.78, 5) is 11.1. The van der Waals surface area contributed by atoms with Crippen molar-refractivity contribution in [3.8, 4) is 0 Å². The van der Waals surface area contributed by atoms with E-state index in [1.165, 1.54) is 6.92 Å². The van der Waals surface area contributed by atoms with Crippen LogP contribution in [-0.4, -0.2) is 40.2 Å². The largest absolute Gasteiger partial charge is 0.390 e. The van der Waals surface area contributed by atoms with Crippen LogP contribution in [0.25, 0.3) is 0 Å². The number of amides is 1. The Morgan fingerprint density at radius 2 is 2.07 bits per heavy atom. The molecule has 1 aliphatic carbocycles. The monoisotopic (exact) mass is 215 g/mol. The van der Waals surface area contributed by atoms with Crippen molar-refractivity contribution in [1.29, 1.82) is 0 Å². The van der Waals surface area contributed by atoms with Crippen LogP contribution >= 0.6 is 0 Å². The van der Waals surface area contributed by atoms with Gasteiger partial charge in [0.1, 0.15) is 5.54 Å². The molecule has 1 amide bonds. The van der Waals surface area contributed by atoms with Crippen molar-refractivity contribution >= 4 is 5.91 Å². The summed E-state index contributed by atoms with van der Waals surface area (Å²) >= 11 is 0. The lowest BCUT2D eigenvalue weighted by Gasteiger charge is -2.53. The molecule has 1 heterocycles. The van der Waals surface area contributed by atoms with Crippen LogP contribution in [0.5, 0.6) is 0 Å². The minimum Gasteiger partial charge on any atom is -0.390 e. The molecule has 86 valence electrons. The van der Waals surface area contributed by atoms with Gasteiger partial charge < -0.3 is 20.3 Å². The van der Waals surface area contributed by atoms with Gasteiger partial charge in [0, 0.05) is 6.92 Å². The van der Waals surface area contributed by atoms with Gasteiger partial charge in [-0.05, 0) is 11.8 Å². The molecule has 5 heteroatoms. The van der Waals surface area contributed by atoms with Gasteiger partial charge in [-0.3, -0.25) is 4.79 Å². The van der Waals surface area contributed by atoms with E-state index in [0.29, 0.717) is 6.42 Å². The molecule has 0 aromatic heterocycles. The Bertz CT molecular complexity index is 304. The summed E-state index contributed by atoms with van der Waals surface area (Å²) in [6, 6.07) is 0. The highest BCUT2D eigenvalue weighted by molar-refractivity contribution is 5.74. The Morgan fingerprint density at radius 3 is 2.47 bits per heavy atom. The lowest BCUT2D eigenvalue weighted by molar-refractivity contribution is -0.320. The predicted molar refractivity (Wildman–Crippen MR) is 51.8 cm³/mol. The van der Waals surface area contributed by atoms with Crippen molar-refractivity contribution in [3.63, 3.8) is 0 Å². The van der Waals surface area contributed by atoms with Crippen LogP contribution in [0.15, 0.2) is 0 Å². The number of hydrogen-bond acceptors (Lipinski definition) is 4. The number of carbonyl (C=O) groups is 1. The first kappa shape index (κ1) is 10.9. The molecule has 0 spiro atoms. The zero-order chi connectivity index (χ0) is 11.4. The van der Waals surface area contributed by atoms with E-state index < -0.39 is 17.9 Å². The maximum Gasteiger partial charge on any atom is 0.217 e. The highest BCUT2D eigenvalue weighted by Gasteiger charge is 2.71. The van der Waals surface area contributed by atoms with Crippen molar-refractivity contribution in [3.05, 3.63) is 0 Å². The third-order valence-corrected chi connectivity index (χ3v) is 3.48. The maximum absolute atomic E-state index is 11.1. The average Bonchev–Trinajstić information content (AvgIpc) is 2.21. The summed E-state index contributed by atoms with van der Waals surface area (Å²) in [6.07, 6.45) is -1.68. The molecule has 2 fully saturated rings. The number of aliphatic hydroxyl groups excluding tert-OH is 2. The van der Waals surface area contributed by atoms with Crippen molar-refractivity contribution in [2.24, 2.45) is 5.41 Å². The fraction of sp³-hybridized carbons (Fsp3) is 0.900. The SMILES string of the molecule is CC(=O)NC12C(O)OC1C(C)(C)C[C@H]2O. The lowest BCUT2D eigenvalue weighted by atomic mass is 9.79. The maximum atomic E-state index is 11.1. The Labute approximate surface area is 88.4 Å². The first-order valence-corrected chi connectivity index (χ1v) is 5.11. The van der Waals surface area contributed by atoms with Crippen LogP contribution in [-0.2, 0) is 9.53 Å². The van der Waals surface area contributed by atoms with Crippen molar-refractivity contribution in [2.45, 2.75) is 51.2 Å². The van der Waals surface area contributed by atoms with E-state index in [2.05, 4.69) is 5.32 Å². The summed E-state index contributed by atoms with van der Waals surface area (Å²) in [5, 5.41) is 22.2. The van der Waals surface area contributed by atoms with Gasteiger partial charge in [-0.15, -0.1) is 0 Å². The third-order valence-electron chi connectivity index (χ3n) is 3.48. The Hall–Kier alpha value is -0.650. The molecule has 1 saturated heterocycles. The topological polar surface area (TPSA) is 78.8 Å². The molecule has 3 N–H and O–H groups in total. The molecular formula is C10H17NO4. The number of carbonyl (C=O) groups excluding carboxylic acids is 1. The second-order valence-electron chi connectivity index (χ2n) is 5.19. The molecule has 15 heavy (non-hydrogen) atoms. The highest BCUT2D eigenvalue weighted by Crippen LogP contribution is 2.54. The smallest absolute Gasteiger partial charge is 0.217 e. The summed E-state index contributed by atoms with van der Waals surface area (Å²) in [5.74, 6) is -0.265. The minimum atomic E-state index is -1.11. The van der Waals surface area contributed by atoms with Gasteiger partial charge in [0.05, 0.1) is 12.2 Å². The number of hydrogen-bond donors (Lipinski definition) is 3. The number of aliphatic hydroxyl groups is 2. The molecule has 4 atom stereocenters. The van der Waals surface area contributed by atoms with Gasteiger partial charge in [-0.25, -0.2) is 0 Å². The fourth-order valence-electron chi connectivity index (χ4n) is 2.87. The molecule has 1 aliphatic heterocycles. The average molecular weight is 215 g/mol. The predicted octanol–water partition coefficient (Wildman–Crippen LogP) is -0.631. The minimum absolute atomic E-state index is 0.235. The zero-order valence-corrected chi connectivity index (χ0v) is 9.15. The van der Waals surface area contributed by atoms with E-state index in [0.717, 1.165) is 0 Å². The van der Waals surface area contributed by atoms with E-state index in [1.54, 1.807) is 0 Å². The van der Waals surface area contributed by atoms with Crippen molar-refractivity contribution in [1.82, 2.24) is 5.32 Å². The molecule has 2 rings (SSSR count). The van der Waals surface area contributed by atoms with E-state index in [1.807, 2.05) is 13.8 Å². The second-order valence-corrected chi connectivity index (χ2v) is 5.19. The van der Waals surface area contributed by atoms with Gasteiger partial charge in [-0.1, -0.05) is 13.8 Å². The second kappa shape index (κ2) is 2.93. The van der Waals surface area contributed by atoms with Gasteiger partial charge in [0.25, 0.3) is 0 Å². The third kappa shape index (κ3) is 1.23. The molecule has 0 bridgehead atoms. The first-order valence-electron chi connectivity index (χ1n) is 5.11. The van der Waals surface area contributed by atoms with Crippen molar-refractivity contribution in [2.75, 3.05) is 0 Å². The van der Waals surface area contributed by atoms with Crippen molar-refractivity contribution < 1.29 is 19.7 Å². The van der Waals surface area contributed by atoms with Crippen LogP contribution in [0.4, 0.5) is 0 Å². The number of nitrogens with one attached hydrogen (secondary N) is 1. The van der Waals surface area contributed by atoms with Crippen LogP contribution in [0, 0.1) is 5.41 Å². The van der Waals surface area contributed by atoms with Gasteiger partial charge in [0.15, 0.2) is 6.29 Å². The van der Waals surface area contributed by atoms with E-state index in [4.69, 9.17) is 4.74 Å². The Morgan fingerprint density at radius 1 is 1.47 bits per heavy atom. The van der Waals surface area contributed by atoms with Crippen LogP contribution < -0.4 is 5.32 Å². The van der Waals surface area contributed by atoms with E-state index >= 15 is 0 Å². The molecular weight excluding hydrogens is 198 g/mol. The molecule has 2 aliphatic rings. The summed E-state index contributed by atoms with van der Waals surface area (Å²) in [5.41, 5.74) is -1.24. The summed E-state index contributed by atoms with van der Waals surface area (Å²) in [6.45, 7) is 5.28. The first-order chi connectivity index (χ1) is 6.80.